The van der Waals surface area contributed by atoms with Gasteiger partial charge >= 0.3 is 0 Å². The molecule has 0 aliphatic rings. The molecule has 17 heavy (non-hydrogen) atoms. The Bertz CT molecular complexity index is 383. The third-order valence-electron chi connectivity index (χ3n) is 2.09. The van der Waals surface area contributed by atoms with Crippen molar-refractivity contribution in [3.63, 3.8) is 0 Å². The minimum atomic E-state index is 0. The number of hydrogen-bond acceptors (Lipinski definition) is 2. The number of methoxy groups -OCH3 is 1. The largest absolute Gasteiger partial charge is 0.496 e. The molecule has 0 fully saturated rings. The Morgan fingerprint density at radius 2 is 2.12 bits per heavy atom. The molecule has 1 atom stereocenters. The first-order chi connectivity index (χ1) is 7.56. The van der Waals surface area contributed by atoms with Gasteiger partial charge in [0.05, 0.1) is 17.7 Å². The van der Waals surface area contributed by atoms with Gasteiger partial charge in [-0.1, -0.05) is 31.5 Å². The molecule has 0 saturated carbocycles. The van der Waals surface area contributed by atoms with Crippen LogP contribution in [0.2, 0.25) is 5.02 Å². The van der Waals surface area contributed by atoms with E-state index in [4.69, 9.17) is 16.3 Å². The summed E-state index contributed by atoms with van der Waals surface area (Å²) in [5.74, 6) is 1.09. The van der Waals surface area contributed by atoms with Crippen LogP contribution in [0.5, 0.6) is 5.75 Å². The molecule has 0 heterocycles. The van der Waals surface area contributed by atoms with Crippen molar-refractivity contribution in [3.05, 3.63) is 28.8 Å². The number of ether oxygens (including phenoxy) is 1. The van der Waals surface area contributed by atoms with Gasteiger partial charge in [0.15, 0.2) is 5.52 Å². The van der Waals surface area contributed by atoms with E-state index in [9.17, 15) is 4.79 Å². The molecular weight excluding hydrogens is 249 g/mol. The summed E-state index contributed by atoms with van der Waals surface area (Å²) in [5.41, 5.74) is 0.599. The van der Waals surface area contributed by atoms with Gasteiger partial charge in [0, 0.05) is 18.9 Å². The molecule has 0 aliphatic carbocycles. The van der Waals surface area contributed by atoms with Gasteiger partial charge in [-0.05, 0) is 32.8 Å². The Morgan fingerprint density at radius 3 is 2.65 bits per heavy atom. The molecule has 1 radical (unpaired) electrons. The molecule has 0 aromatic heterocycles. The third-order valence-corrected chi connectivity index (χ3v) is 4.00. The van der Waals surface area contributed by atoms with Gasteiger partial charge in [-0.15, -0.1) is 0 Å². The summed E-state index contributed by atoms with van der Waals surface area (Å²) in [6.45, 7) is 4.20. The second kappa shape index (κ2) is 8.17. The van der Waals surface area contributed by atoms with E-state index in [1.165, 1.54) is 0 Å². The summed E-state index contributed by atoms with van der Waals surface area (Å²) in [6, 6.07) is 5.26. The van der Waals surface area contributed by atoms with Crippen molar-refractivity contribution < 1.29 is 9.53 Å². The monoisotopic (exact) mass is 265 g/mol. The van der Waals surface area contributed by atoms with E-state index in [2.05, 4.69) is 13.8 Å². The van der Waals surface area contributed by atoms with E-state index in [0.29, 0.717) is 22.3 Å². The van der Waals surface area contributed by atoms with Crippen molar-refractivity contribution in [2.24, 2.45) is 5.92 Å². The number of halogens is 1. The smallest absolute Gasteiger partial charge is 0.186 e. The number of rotatable bonds is 5. The summed E-state index contributed by atoms with van der Waals surface area (Å²) in [6.07, 6.45) is 0.896. The van der Waals surface area contributed by atoms with E-state index < -0.39 is 0 Å². The Morgan fingerprint density at radius 1 is 1.47 bits per heavy atom. The zero-order valence-corrected chi connectivity index (χ0v) is 12.5. The van der Waals surface area contributed by atoms with Crippen molar-refractivity contribution in [2.75, 3.05) is 13.3 Å². The quantitative estimate of drug-likeness (QED) is 0.602. The predicted molar refractivity (Wildman–Crippen MR) is 76.1 cm³/mol. The van der Waals surface area contributed by atoms with Crippen LogP contribution in [-0.2, 0) is 0 Å². The van der Waals surface area contributed by atoms with Gasteiger partial charge in [-0.25, -0.2) is 0 Å². The van der Waals surface area contributed by atoms with Gasteiger partial charge in [0.25, 0.3) is 0 Å². The minimum Gasteiger partial charge on any atom is -0.496 e. The summed E-state index contributed by atoms with van der Waals surface area (Å²) in [5, 5.41) is 0.473. The van der Waals surface area contributed by atoms with Crippen LogP contribution in [0.15, 0.2) is 18.2 Å². The average molecular weight is 266 g/mol. The van der Waals surface area contributed by atoms with Crippen molar-refractivity contribution in [2.45, 2.75) is 13.8 Å². The summed E-state index contributed by atoms with van der Waals surface area (Å²) >= 11 is 6.02. The van der Waals surface area contributed by atoms with Crippen LogP contribution in [0, 0.1) is 5.92 Å². The van der Waals surface area contributed by atoms with Crippen molar-refractivity contribution >= 4 is 44.6 Å². The Balaban J connectivity index is 0.00000256. The first-order valence-electron chi connectivity index (χ1n) is 5.17. The standard InChI is InChI=1S/C12H16ClO2P.Li/c1-8(2)7-16-12(14)11-9(13)5-4-6-10(11)15-3;/h4-6,8,16H,7H2,1-3H3;. The molecule has 5 heteroatoms. The van der Waals surface area contributed by atoms with Crippen molar-refractivity contribution in [1.82, 2.24) is 0 Å². The number of carbonyl (C=O) groups is 1. The van der Waals surface area contributed by atoms with Crippen LogP contribution in [0.25, 0.3) is 0 Å². The molecule has 1 aromatic rings. The Hall–Kier alpha value is 0.00740. The Kier molecular flexibility index (Phi) is 8.17. The SMILES string of the molecule is COc1cccc(Cl)c1C(=O)PCC(C)C.[Li]. The molecule has 0 saturated heterocycles. The van der Waals surface area contributed by atoms with Gasteiger partial charge in [0.2, 0.25) is 0 Å². The fourth-order valence-corrected chi connectivity index (χ4v) is 2.64. The molecule has 89 valence electrons. The second-order valence-electron chi connectivity index (χ2n) is 3.92. The topological polar surface area (TPSA) is 26.3 Å². The van der Waals surface area contributed by atoms with Gasteiger partial charge in [-0.3, -0.25) is 4.79 Å². The molecule has 0 spiro atoms. The normalized spacial score (nSPS) is 10.6. The summed E-state index contributed by atoms with van der Waals surface area (Å²) in [7, 11) is 1.81. The van der Waals surface area contributed by atoms with Gasteiger partial charge < -0.3 is 4.74 Å². The van der Waals surface area contributed by atoms with E-state index >= 15 is 0 Å². The van der Waals surface area contributed by atoms with Crippen LogP contribution in [-0.4, -0.2) is 37.7 Å². The third kappa shape index (κ3) is 5.02. The zero-order chi connectivity index (χ0) is 12.1. The molecule has 0 bridgehead atoms. The molecule has 2 nitrogen and oxygen atoms in total. The molecular formula is C12H16ClLiO2P. The Labute approximate surface area is 121 Å². The predicted octanol–water partition coefficient (Wildman–Crippen LogP) is 3.44. The van der Waals surface area contributed by atoms with E-state index in [0.717, 1.165) is 6.16 Å². The van der Waals surface area contributed by atoms with E-state index in [1.54, 1.807) is 25.3 Å². The second-order valence-corrected chi connectivity index (χ2v) is 5.54. The molecule has 0 N–H and O–H groups in total. The number of benzene rings is 1. The molecule has 1 rings (SSSR count). The summed E-state index contributed by atoms with van der Waals surface area (Å²) < 4.78 is 5.15. The maximum atomic E-state index is 12.0. The number of hydrogen-bond donors (Lipinski definition) is 0. The van der Waals surface area contributed by atoms with Crippen LogP contribution >= 0.6 is 20.2 Å². The molecule has 0 amide bonds. The fourth-order valence-electron chi connectivity index (χ4n) is 1.28. The first kappa shape index (κ1) is 17.0. The first-order valence-corrected chi connectivity index (χ1v) is 6.75. The maximum absolute atomic E-state index is 12.0. The van der Waals surface area contributed by atoms with E-state index in [1.807, 2.05) is 0 Å². The molecule has 1 unspecified atom stereocenters. The summed E-state index contributed by atoms with van der Waals surface area (Å²) in [4.78, 5) is 12.0. The molecule has 0 aliphatic heterocycles. The van der Waals surface area contributed by atoms with Crippen LogP contribution in [0.1, 0.15) is 24.2 Å². The maximum Gasteiger partial charge on any atom is 0.186 e. The van der Waals surface area contributed by atoms with Crippen LogP contribution in [0.3, 0.4) is 0 Å². The van der Waals surface area contributed by atoms with Crippen molar-refractivity contribution in [1.29, 1.82) is 0 Å². The van der Waals surface area contributed by atoms with Gasteiger partial charge in [0.1, 0.15) is 5.75 Å². The zero-order valence-electron chi connectivity index (χ0n) is 10.7. The van der Waals surface area contributed by atoms with Gasteiger partial charge in [-0.2, -0.15) is 0 Å². The van der Waals surface area contributed by atoms with Crippen molar-refractivity contribution in [3.8, 4) is 5.75 Å². The van der Waals surface area contributed by atoms with Crippen LogP contribution < -0.4 is 4.74 Å². The van der Waals surface area contributed by atoms with Crippen LogP contribution in [0.4, 0.5) is 0 Å². The average Bonchev–Trinajstić information content (AvgIpc) is 2.25. The number of carbonyl (C=O) groups excluding carboxylic acids is 1. The van der Waals surface area contributed by atoms with E-state index in [-0.39, 0.29) is 33.0 Å². The minimum absolute atomic E-state index is 0. The fraction of sp³-hybridized carbons (Fsp3) is 0.417. The molecule has 1 aromatic carbocycles.